The third-order valence-electron chi connectivity index (χ3n) is 4.00. The van der Waals surface area contributed by atoms with E-state index in [-0.39, 0.29) is 5.11 Å². The molecule has 2 aromatic rings. The lowest BCUT2D eigenvalue weighted by Gasteiger charge is -2.30. The van der Waals surface area contributed by atoms with Gasteiger partial charge in [-0.2, -0.15) is 0 Å². The first-order valence-corrected chi connectivity index (χ1v) is 8.93. The molecule has 0 spiro atoms. The highest BCUT2D eigenvalue weighted by Gasteiger charge is 2.38. The molecule has 6 nitrogen and oxygen atoms in total. The Morgan fingerprint density at radius 3 is 2.67 bits per heavy atom. The number of nitrogens with one attached hydrogen (secondary N) is 1. The van der Waals surface area contributed by atoms with Gasteiger partial charge < -0.3 is 10.1 Å². The van der Waals surface area contributed by atoms with Crippen LogP contribution in [-0.2, 0) is 9.59 Å². The third kappa shape index (κ3) is 4.20. The average molecular weight is 381 g/mol. The standard InChI is InChI=1S/C20H19N3O3S/c1-3-26-16-6-4-5-14(11-16)21-12-17-18(24)22-20(27)23(19(17)25)15-9-7-13(2)8-10-15/h4-12,17H,3H2,1-2H3,(H,22,24,27)/t17-/m0/s1. The molecule has 0 bridgehead atoms. The topological polar surface area (TPSA) is 71.0 Å². The smallest absolute Gasteiger partial charge is 0.251 e. The molecule has 1 N–H and O–H groups in total. The Kier molecular flexibility index (Phi) is 5.61. The number of nitrogens with zero attached hydrogens (tertiary/aromatic N) is 2. The maximum atomic E-state index is 12.9. The average Bonchev–Trinajstić information content (AvgIpc) is 2.63. The molecule has 3 rings (SSSR count). The van der Waals surface area contributed by atoms with Crippen molar-refractivity contribution in [2.45, 2.75) is 13.8 Å². The second kappa shape index (κ2) is 8.09. The molecule has 0 saturated carbocycles. The molecule has 0 radical (unpaired) electrons. The van der Waals surface area contributed by atoms with Gasteiger partial charge in [-0.05, 0) is 50.3 Å². The maximum Gasteiger partial charge on any atom is 0.251 e. The molecule has 1 heterocycles. The fourth-order valence-corrected chi connectivity index (χ4v) is 2.94. The van der Waals surface area contributed by atoms with Crippen molar-refractivity contribution in [3.05, 3.63) is 54.1 Å². The Hall–Kier alpha value is -3.06. The van der Waals surface area contributed by atoms with Crippen molar-refractivity contribution in [1.82, 2.24) is 5.32 Å². The van der Waals surface area contributed by atoms with Crippen LogP contribution in [0.5, 0.6) is 5.75 Å². The molecule has 1 aliphatic heterocycles. The predicted octanol–water partition coefficient (Wildman–Crippen LogP) is 3.16. The van der Waals surface area contributed by atoms with Gasteiger partial charge in [0.05, 0.1) is 18.0 Å². The maximum absolute atomic E-state index is 12.9. The summed E-state index contributed by atoms with van der Waals surface area (Å²) in [6.07, 6.45) is 1.34. The zero-order valence-corrected chi connectivity index (χ0v) is 15.8. The van der Waals surface area contributed by atoms with E-state index in [0.29, 0.717) is 23.7 Å². The summed E-state index contributed by atoms with van der Waals surface area (Å²) in [4.78, 5) is 30.8. The molecule has 0 aliphatic carbocycles. The van der Waals surface area contributed by atoms with E-state index in [1.807, 2.05) is 32.0 Å². The van der Waals surface area contributed by atoms with E-state index >= 15 is 0 Å². The van der Waals surface area contributed by atoms with Crippen LogP contribution in [0, 0.1) is 12.8 Å². The number of hydrogen-bond donors (Lipinski definition) is 1. The van der Waals surface area contributed by atoms with Gasteiger partial charge in [-0.3, -0.25) is 19.5 Å². The number of carbonyl (C=O) groups excluding carboxylic acids is 2. The Morgan fingerprint density at radius 1 is 1.22 bits per heavy atom. The molecule has 2 amide bonds. The first-order valence-electron chi connectivity index (χ1n) is 8.52. The molecule has 27 heavy (non-hydrogen) atoms. The van der Waals surface area contributed by atoms with Gasteiger partial charge in [0.2, 0.25) is 5.91 Å². The highest BCUT2D eigenvalue weighted by atomic mass is 32.1. The number of amides is 2. The minimum absolute atomic E-state index is 0.0665. The van der Waals surface area contributed by atoms with Crippen molar-refractivity contribution in [2.75, 3.05) is 11.5 Å². The number of aryl methyl sites for hydroxylation is 1. The molecule has 1 aliphatic rings. The summed E-state index contributed by atoms with van der Waals surface area (Å²) in [6.45, 7) is 4.39. The fourth-order valence-electron chi connectivity index (χ4n) is 2.64. The van der Waals surface area contributed by atoms with E-state index < -0.39 is 17.7 Å². The Bertz CT molecular complexity index is 909. The number of hydrogen-bond acceptors (Lipinski definition) is 5. The summed E-state index contributed by atoms with van der Waals surface area (Å²) >= 11 is 5.18. The van der Waals surface area contributed by atoms with E-state index in [1.165, 1.54) is 11.1 Å². The van der Waals surface area contributed by atoms with Crippen LogP contribution in [0.15, 0.2) is 53.5 Å². The van der Waals surface area contributed by atoms with Gasteiger partial charge in [0.25, 0.3) is 5.91 Å². The van der Waals surface area contributed by atoms with Crippen LogP contribution in [0.2, 0.25) is 0 Å². The van der Waals surface area contributed by atoms with Crippen LogP contribution in [0.3, 0.4) is 0 Å². The van der Waals surface area contributed by atoms with Crippen LogP contribution >= 0.6 is 12.2 Å². The Morgan fingerprint density at radius 2 is 1.96 bits per heavy atom. The predicted molar refractivity (Wildman–Crippen MR) is 109 cm³/mol. The lowest BCUT2D eigenvalue weighted by molar-refractivity contribution is -0.130. The third-order valence-corrected chi connectivity index (χ3v) is 4.28. The van der Waals surface area contributed by atoms with Crippen molar-refractivity contribution < 1.29 is 14.3 Å². The summed E-state index contributed by atoms with van der Waals surface area (Å²) in [5.74, 6) is -1.31. The number of ether oxygens (including phenoxy) is 1. The molecular weight excluding hydrogens is 362 g/mol. The van der Waals surface area contributed by atoms with Gasteiger partial charge in [-0.15, -0.1) is 0 Å². The summed E-state index contributed by atoms with van der Waals surface area (Å²) in [5.41, 5.74) is 2.26. The Balaban J connectivity index is 1.85. The number of carbonyl (C=O) groups is 2. The molecule has 1 atom stereocenters. The lowest BCUT2D eigenvalue weighted by atomic mass is 10.1. The molecule has 1 saturated heterocycles. The zero-order chi connectivity index (χ0) is 19.4. The fraction of sp³-hybridized carbons (Fsp3) is 0.200. The number of anilines is 1. The number of benzene rings is 2. The van der Waals surface area contributed by atoms with Gasteiger partial charge in [-0.1, -0.05) is 23.8 Å². The number of thiocarbonyl (C=S) groups is 1. The summed E-state index contributed by atoms with van der Waals surface area (Å²) in [7, 11) is 0. The lowest BCUT2D eigenvalue weighted by Crippen LogP contribution is -2.58. The largest absolute Gasteiger partial charge is 0.494 e. The highest BCUT2D eigenvalue weighted by molar-refractivity contribution is 7.80. The summed E-state index contributed by atoms with van der Waals surface area (Å²) < 4.78 is 5.43. The number of aliphatic imine (C=N–C) groups is 1. The normalized spacial score (nSPS) is 17.3. The van der Waals surface area contributed by atoms with Gasteiger partial charge in [0.1, 0.15) is 5.75 Å². The monoisotopic (exact) mass is 381 g/mol. The van der Waals surface area contributed by atoms with Crippen molar-refractivity contribution in [2.24, 2.45) is 10.9 Å². The summed E-state index contributed by atoms with van der Waals surface area (Å²) in [6, 6.07) is 14.5. The summed E-state index contributed by atoms with van der Waals surface area (Å²) in [5, 5.41) is 2.64. The molecule has 0 unspecified atom stereocenters. The molecule has 0 aromatic heterocycles. The first-order chi connectivity index (χ1) is 13.0. The molecule has 7 heteroatoms. The van der Waals surface area contributed by atoms with Crippen LogP contribution in [0.25, 0.3) is 0 Å². The van der Waals surface area contributed by atoms with E-state index in [2.05, 4.69) is 10.3 Å². The van der Waals surface area contributed by atoms with Crippen molar-refractivity contribution >= 4 is 46.7 Å². The van der Waals surface area contributed by atoms with Gasteiger partial charge >= 0.3 is 0 Å². The highest BCUT2D eigenvalue weighted by Crippen LogP contribution is 2.23. The van der Waals surface area contributed by atoms with E-state index in [4.69, 9.17) is 17.0 Å². The van der Waals surface area contributed by atoms with Gasteiger partial charge in [-0.25, -0.2) is 0 Å². The van der Waals surface area contributed by atoms with Crippen LogP contribution in [0.1, 0.15) is 12.5 Å². The molecule has 2 aromatic carbocycles. The van der Waals surface area contributed by atoms with E-state index in [1.54, 1.807) is 30.3 Å². The van der Waals surface area contributed by atoms with Crippen LogP contribution in [-0.4, -0.2) is 29.7 Å². The van der Waals surface area contributed by atoms with Crippen molar-refractivity contribution in [1.29, 1.82) is 0 Å². The molecule has 138 valence electrons. The second-order valence-electron chi connectivity index (χ2n) is 5.99. The van der Waals surface area contributed by atoms with E-state index in [9.17, 15) is 9.59 Å². The number of rotatable bonds is 5. The SMILES string of the molecule is CCOc1cccc(N=C[C@H]2C(=O)NC(=S)N(c3ccc(C)cc3)C2=O)c1. The first kappa shape index (κ1) is 18.7. The molecular formula is C20H19N3O3S. The Labute approximate surface area is 162 Å². The van der Waals surface area contributed by atoms with Gasteiger partial charge in [0, 0.05) is 12.3 Å². The minimum atomic E-state index is -1.06. The zero-order valence-electron chi connectivity index (χ0n) is 15.0. The quantitative estimate of drug-likeness (QED) is 0.491. The van der Waals surface area contributed by atoms with Crippen LogP contribution < -0.4 is 15.0 Å². The van der Waals surface area contributed by atoms with Gasteiger partial charge in [0.15, 0.2) is 11.0 Å². The van der Waals surface area contributed by atoms with Crippen LogP contribution in [0.4, 0.5) is 11.4 Å². The van der Waals surface area contributed by atoms with Crippen molar-refractivity contribution in [3.8, 4) is 5.75 Å². The van der Waals surface area contributed by atoms with Crippen molar-refractivity contribution in [3.63, 3.8) is 0 Å². The molecule has 1 fully saturated rings. The minimum Gasteiger partial charge on any atom is -0.494 e. The van der Waals surface area contributed by atoms with E-state index in [0.717, 1.165) is 5.56 Å². The second-order valence-corrected chi connectivity index (χ2v) is 6.38.